The van der Waals surface area contributed by atoms with Gasteiger partial charge in [-0.25, -0.2) is 9.97 Å². The van der Waals surface area contributed by atoms with Crippen LogP contribution in [0, 0.1) is 0 Å². The lowest BCUT2D eigenvalue weighted by atomic mass is 9.64. The van der Waals surface area contributed by atoms with Crippen molar-refractivity contribution in [1.82, 2.24) is 29.1 Å². The van der Waals surface area contributed by atoms with E-state index in [1.807, 2.05) is 12.4 Å². The second-order valence-electron chi connectivity index (χ2n) is 16.3. The lowest BCUT2D eigenvalue weighted by molar-refractivity contribution is 0.290. The summed E-state index contributed by atoms with van der Waals surface area (Å²) in [5.41, 5.74) is 11.7. The van der Waals surface area contributed by atoms with Gasteiger partial charge in [0.25, 0.3) is 0 Å². The predicted molar refractivity (Wildman–Crippen MR) is 209 cm³/mol. The van der Waals surface area contributed by atoms with E-state index in [0.29, 0.717) is 23.7 Å². The van der Waals surface area contributed by atoms with Crippen molar-refractivity contribution in [2.45, 2.75) is 118 Å². The zero-order chi connectivity index (χ0) is 36.1. The summed E-state index contributed by atoms with van der Waals surface area (Å²) in [5.74, 6) is 3.42. The second-order valence-corrected chi connectivity index (χ2v) is 16.3. The molecule has 0 saturated carbocycles. The molecule has 0 fully saturated rings. The average Bonchev–Trinajstić information content (AvgIpc) is 3.89. The van der Waals surface area contributed by atoms with E-state index in [1.54, 1.807) is 0 Å². The van der Waals surface area contributed by atoms with Crippen LogP contribution in [0.3, 0.4) is 0 Å². The maximum Gasteiger partial charge on any atom is 0.161 e. The number of hydrogen-bond donors (Lipinski definition) is 2. The zero-order valence-corrected chi connectivity index (χ0v) is 32.2. The highest BCUT2D eigenvalue weighted by Gasteiger charge is 2.42. The van der Waals surface area contributed by atoms with Crippen LogP contribution in [0.1, 0.15) is 140 Å². The maximum atomic E-state index is 4.89. The number of aromatic nitrogens is 6. The molecule has 0 saturated heterocycles. The number of H-pyrrole nitrogens is 2. The van der Waals surface area contributed by atoms with Crippen LogP contribution in [0.25, 0.3) is 34.4 Å². The minimum Gasteiger partial charge on any atom is -0.355 e. The van der Waals surface area contributed by atoms with Crippen molar-refractivity contribution in [2.24, 2.45) is 0 Å². The van der Waals surface area contributed by atoms with Gasteiger partial charge in [-0.05, 0) is 70.2 Å². The molecule has 262 valence electrons. The largest absolute Gasteiger partial charge is 0.355 e. The molecule has 6 rings (SSSR count). The quantitative estimate of drug-likeness (QED) is 0.144. The van der Waals surface area contributed by atoms with Gasteiger partial charge in [0.2, 0.25) is 0 Å². The average molecular weight is 669 g/mol. The fourth-order valence-corrected chi connectivity index (χ4v) is 7.40. The van der Waals surface area contributed by atoms with Gasteiger partial charge in [0.05, 0.1) is 22.8 Å². The first-order chi connectivity index (χ1) is 23.6. The van der Waals surface area contributed by atoms with Crippen LogP contribution in [0.5, 0.6) is 0 Å². The zero-order valence-electron chi connectivity index (χ0n) is 32.2. The number of para-hydroxylation sites is 2. The Labute approximate surface area is 299 Å². The first-order valence-corrected chi connectivity index (χ1v) is 18.4. The van der Waals surface area contributed by atoms with Crippen LogP contribution in [-0.4, -0.2) is 29.1 Å². The number of aromatic amines is 2. The highest BCUT2D eigenvalue weighted by Crippen LogP contribution is 2.45. The molecule has 0 aliphatic carbocycles. The molecule has 0 atom stereocenters. The minimum absolute atomic E-state index is 0.256. The third-order valence-electron chi connectivity index (χ3n) is 11.2. The molecule has 6 nitrogen and oxygen atoms in total. The summed E-state index contributed by atoms with van der Waals surface area (Å²) in [6.45, 7) is 27.5. The Kier molecular flexibility index (Phi) is 9.36. The van der Waals surface area contributed by atoms with Crippen molar-refractivity contribution in [2.75, 3.05) is 0 Å². The van der Waals surface area contributed by atoms with Crippen LogP contribution in [0.4, 0.5) is 0 Å². The van der Waals surface area contributed by atoms with Crippen LogP contribution in [0.2, 0.25) is 0 Å². The highest BCUT2D eigenvalue weighted by molar-refractivity contribution is 5.62. The molecule has 50 heavy (non-hydrogen) atoms. The van der Waals surface area contributed by atoms with Gasteiger partial charge in [0, 0.05) is 47.0 Å². The number of rotatable bonds is 11. The third kappa shape index (κ3) is 5.97. The third-order valence-corrected chi connectivity index (χ3v) is 11.2. The normalized spacial score (nSPS) is 12.7. The van der Waals surface area contributed by atoms with E-state index in [-0.39, 0.29) is 10.8 Å². The molecule has 6 heteroatoms. The Balaban J connectivity index is 1.36. The van der Waals surface area contributed by atoms with Gasteiger partial charge < -0.3 is 9.97 Å². The highest BCUT2D eigenvalue weighted by atomic mass is 15.1. The van der Waals surface area contributed by atoms with Crippen LogP contribution < -0.4 is 0 Å². The van der Waals surface area contributed by atoms with E-state index < -0.39 is 0 Å². The van der Waals surface area contributed by atoms with E-state index in [4.69, 9.17) is 9.97 Å². The predicted octanol–water partition coefficient (Wildman–Crippen LogP) is 11.8. The van der Waals surface area contributed by atoms with E-state index in [2.05, 4.69) is 175 Å². The topological polar surface area (TPSA) is 67.2 Å². The van der Waals surface area contributed by atoms with Crippen molar-refractivity contribution >= 4 is 0 Å². The van der Waals surface area contributed by atoms with Gasteiger partial charge >= 0.3 is 0 Å². The summed E-state index contributed by atoms with van der Waals surface area (Å²) in [7, 11) is 0. The molecule has 2 aromatic carbocycles. The van der Waals surface area contributed by atoms with Crippen molar-refractivity contribution in [3.8, 4) is 34.4 Å². The molecule has 0 radical (unpaired) electrons. The van der Waals surface area contributed by atoms with Gasteiger partial charge in [-0.15, -0.1) is 0 Å². The van der Waals surface area contributed by atoms with Gasteiger partial charge in [0.1, 0.15) is 0 Å². The Morgan fingerprint density at radius 1 is 0.480 bits per heavy atom. The van der Waals surface area contributed by atoms with Crippen LogP contribution in [-0.2, 0) is 10.8 Å². The van der Waals surface area contributed by atoms with Crippen molar-refractivity contribution in [3.63, 3.8) is 0 Å². The molecule has 4 heterocycles. The monoisotopic (exact) mass is 668 g/mol. The molecule has 0 spiro atoms. The molecular formula is C44H56N6. The van der Waals surface area contributed by atoms with Crippen molar-refractivity contribution in [3.05, 3.63) is 119 Å². The van der Waals surface area contributed by atoms with Gasteiger partial charge in [0.15, 0.2) is 11.6 Å². The summed E-state index contributed by atoms with van der Waals surface area (Å²) >= 11 is 0. The molecule has 0 aliphatic rings. The van der Waals surface area contributed by atoms with E-state index >= 15 is 0 Å². The van der Waals surface area contributed by atoms with E-state index in [1.165, 1.54) is 45.0 Å². The van der Waals surface area contributed by atoms with Gasteiger partial charge in [-0.3, -0.25) is 9.13 Å². The number of nitrogens with one attached hydrogen (secondary N) is 2. The lowest BCUT2D eigenvalue weighted by Crippen LogP contribution is -2.41. The summed E-state index contributed by atoms with van der Waals surface area (Å²) in [6, 6.07) is 22.2. The number of imidazole rings is 2. The first kappa shape index (κ1) is 35.3. The molecule has 0 bridgehead atoms. The fourth-order valence-electron chi connectivity index (χ4n) is 7.40. The van der Waals surface area contributed by atoms with Crippen molar-refractivity contribution in [1.29, 1.82) is 0 Å². The SMILES string of the molecule is CC(C)c1cccc(C(C)C)c1-n1ccnc1-c1ccc(C(C)(C)C(C)(C)c2ccc(-c3nccn3-c3c(C(C)C)cccc3C(C)C)[nH]2)[nH]1. The smallest absolute Gasteiger partial charge is 0.161 e. The molecule has 0 amide bonds. The molecular weight excluding hydrogens is 613 g/mol. The number of nitrogens with zero attached hydrogens (tertiary/aromatic N) is 4. The van der Waals surface area contributed by atoms with Crippen LogP contribution in [0.15, 0.2) is 85.5 Å². The Bertz CT molecular complexity index is 1880. The lowest BCUT2D eigenvalue weighted by Gasteiger charge is -2.41. The van der Waals surface area contributed by atoms with Crippen molar-refractivity contribution < 1.29 is 0 Å². The Hall–Kier alpha value is -4.58. The summed E-state index contributed by atoms with van der Waals surface area (Å²) < 4.78 is 4.56. The summed E-state index contributed by atoms with van der Waals surface area (Å²) in [4.78, 5) is 17.4. The summed E-state index contributed by atoms with van der Waals surface area (Å²) in [5, 5.41) is 0. The second kappa shape index (κ2) is 13.3. The Morgan fingerprint density at radius 3 is 1.10 bits per heavy atom. The number of benzene rings is 2. The maximum absolute atomic E-state index is 4.89. The molecule has 0 aliphatic heterocycles. The molecule has 2 N–H and O–H groups in total. The molecule has 4 aromatic heterocycles. The standard InChI is InChI=1S/C44H56N6/c1-27(2)31-15-13-16-32(28(3)4)39(31)49-25-23-45-41(49)35-19-21-37(47-35)43(9,10)44(11,12)38-22-20-36(48-38)42-46-24-26-50(42)40-33(29(5)6)17-14-18-34(40)30(7)8/h13-30,47-48H,1-12H3. The summed E-state index contributed by atoms with van der Waals surface area (Å²) in [6.07, 6.45) is 8.04. The van der Waals surface area contributed by atoms with E-state index in [9.17, 15) is 0 Å². The van der Waals surface area contributed by atoms with Gasteiger partial charge in [-0.2, -0.15) is 0 Å². The number of hydrogen-bond acceptors (Lipinski definition) is 2. The molecule has 6 aromatic rings. The van der Waals surface area contributed by atoms with Gasteiger partial charge in [-0.1, -0.05) is 119 Å². The Morgan fingerprint density at radius 2 is 0.800 bits per heavy atom. The fraction of sp³-hybridized carbons (Fsp3) is 0.409. The molecule has 0 unspecified atom stereocenters. The minimum atomic E-state index is -0.256. The first-order valence-electron chi connectivity index (χ1n) is 18.4. The van der Waals surface area contributed by atoms with Crippen LogP contribution >= 0.6 is 0 Å². The van der Waals surface area contributed by atoms with E-state index in [0.717, 1.165) is 23.0 Å².